The van der Waals surface area contributed by atoms with E-state index in [9.17, 15) is 14.4 Å². The number of carbonyl (C=O) groups excluding carboxylic acids is 3. The molecule has 77 heavy (non-hydrogen) atoms. The Labute approximate surface area is 478 Å². The van der Waals surface area contributed by atoms with E-state index in [-0.39, 0.29) is 31.1 Å². The van der Waals surface area contributed by atoms with Crippen molar-refractivity contribution in [1.29, 1.82) is 0 Å². The summed E-state index contributed by atoms with van der Waals surface area (Å²) in [4.78, 5) is 38.2. The van der Waals surface area contributed by atoms with Crippen LogP contribution in [0.15, 0.2) is 72.9 Å². The van der Waals surface area contributed by atoms with E-state index in [0.29, 0.717) is 19.3 Å². The van der Waals surface area contributed by atoms with Crippen molar-refractivity contribution >= 4 is 17.9 Å². The van der Waals surface area contributed by atoms with Crippen LogP contribution in [0.2, 0.25) is 0 Å². The van der Waals surface area contributed by atoms with Gasteiger partial charge in [0.2, 0.25) is 0 Å². The summed E-state index contributed by atoms with van der Waals surface area (Å²) in [6, 6.07) is 0. The lowest BCUT2D eigenvalue weighted by molar-refractivity contribution is -0.167. The summed E-state index contributed by atoms with van der Waals surface area (Å²) in [7, 11) is 0. The van der Waals surface area contributed by atoms with E-state index in [0.717, 1.165) is 122 Å². The zero-order valence-electron chi connectivity index (χ0n) is 51.2. The first-order chi connectivity index (χ1) is 38.0. The second kappa shape index (κ2) is 65.4. The van der Waals surface area contributed by atoms with Crippen molar-refractivity contribution in [3.63, 3.8) is 0 Å². The van der Waals surface area contributed by atoms with Gasteiger partial charge in [0.1, 0.15) is 13.2 Å². The molecule has 0 aromatic heterocycles. The summed E-state index contributed by atoms with van der Waals surface area (Å²) < 4.78 is 16.9. The third kappa shape index (κ3) is 63.6. The highest BCUT2D eigenvalue weighted by molar-refractivity contribution is 5.71. The fourth-order valence-electron chi connectivity index (χ4n) is 9.71. The molecule has 0 rings (SSSR count). The molecule has 0 bridgehead atoms. The van der Waals surface area contributed by atoms with Crippen molar-refractivity contribution in [3.8, 4) is 0 Å². The first-order valence-corrected chi connectivity index (χ1v) is 33.4. The average molecular weight is 1080 g/mol. The Morgan fingerprint density at radius 3 is 0.857 bits per heavy atom. The number of hydrogen-bond acceptors (Lipinski definition) is 6. The molecule has 0 fully saturated rings. The molecule has 0 aliphatic carbocycles. The van der Waals surface area contributed by atoms with E-state index in [1.165, 1.54) is 180 Å². The molecular weight excluding hydrogens is 949 g/mol. The summed E-state index contributed by atoms with van der Waals surface area (Å²) in [5.74, 6) is -0.899. The SMILES string of the molecule is CC/C=C\C/C=C\C/C=C\C/C=C\C/C=C\CCCCCCCC(=O)OC(COC(=O)CCCCCCC/C=C\CCC)COC(=O)CCCCCCCCCCCCCCCCCCCCCCCCCCCCCC. The molecule has 0 aromatic rings. The molecule has 0 aliphatic heterocycles. The molecule has 0 radical (unpaired) electrons. The Kier molecular flexibility index (Phi) is 62.7. The monoisotopic (exact) mass is 1070 g/mol. The van der Waals surface area contributed by atoms with Gasteiger partial charge in [0.05, 0.1) is 0 Å². The van der Waals surface area contributed by atoms with Gasteiger partial charge in [-0.15, -0.1) is 0 Å². The summed E-state index contributed by atoms with van der Waals surface area (Å²) in [5.41, 5.74) is 0. The van der Waals surface area contributed by atoms with Gasteiger partial charge in [0.15, 0.2) is 6.10 Å². The Balaban J connectivity index is 4.19. The van der Waals surface area contributed by atoms with Crippen LogP contribution in [0, 0.1) is 0 Å². The molecule has 446 valence electrons. The van der Waals surface area contributed by atoms with Crippen LogP contribution in [0.1, 0.15) is 342 Å². The predicted octanol–water partition coefficient (Wildman–Crippen LogP) is 22.9. The molecular formula is C71H126O6. The number of hydrogen-bond donors (Lipinski definition) is 0. The van der Waals surface area contributed by atoms with Crippen molar-refractivity contribution < 1.29 is 28.6 Å². The van der Waals surface area contributed by atoms with Crippen LogP contribution in [0.3, 0.4) is 0 Å². The molecule has 6 nitrogen and oxygen atoms in total. The fourth-order valence-corrected chi connectivity index (χ4v) is 9.71. The maximum Gasteiger partial charge on any atom is 0.306 e. The van der Waals surface area contributed by atoms with Crippen LogP contribution in [0.4, 0.5) is 0 Å². The summed E-state index contributed by atoms with van der Waals surface area (Å²) in [5, 5.41) is 0. The Bertz CT molecular complexity index is 1420. The second-order valence-electron chi connectivity index (χ2n) is 22.4. The van der Waals surface area contributed by atoms with E-state index >= 15 is 0 Å². The van der Waals surface area contributed by atoms with Gasteiger partial charge in [-0.3, -0.25) is 14.4 Å². The molecule has 1 atom stereocenters. The van der Waals surface area contributed by atoms with Crippen LogP contribution in [0.25, 0.3) is 0 Å². The highest BCUT2D eigenvalue weighted by Crippen LogP contribution is 2.18. The van der Waals surface area contributed by atoms with Gasteiger partial charge in [-0.1, -0.05) is 312 Å². The number of unbranched alkanes of at least 4 members (excludes halogenated alkanes) is 38. The summed E-state index contributed by atoms with van der Waals surface area (Å²) in [6.07, 6.45) is 85.1. The number of allylic oxidation sites excluding steroid dienone is 12. The number of esters is 3. The molecule has 0 saturated heterocycles. The van der Waals surface area contributed by atoms with Crippen molar-refractivity contribution in [2.75, 3.05) is 13.2 Å². The number of rotatable bonds is 61. The Hall–Kier alpha value is -3.15. The third-order valence-corrected chi connectivity index (χ3v) is 14.7. The first-order valence-electron chi connectivity index (χ1n) is 33.4. The van der Waals surface area contributed by atoms with E-state index in [1.54, 1.807) is 0 Å². The zero-order chi connectivity index (χ0) is 55.7. The van der Waals surface area contributed by atoms with Crippen molar-refractivity contribution in [2.45, 2.75) is 348 Å². The van der Waals surface area contributed by atoms with Gasteiger partial charge in [0.25, 0.3) is 0 Å². The third-order valence-electron chi connectivity index (χ3n) is 14.7. The minimum atomic E-state index is -0.789. The van der Waals surface area contributed by atoms with E-state index in [1.807, 2.05) is 0 Å². The van der Waals surface area contributed by atoms with Gasteiger partial charge >= 0.3 is 17.9 Å². The van der Waals surface area contributed by atoms with Crippen LogP contribution < -0.4 is 0 Å². The highest BCUT2D eigenvalue weighted by Gasteiger charge is 2.19. The molecule has 0 amide bonds. The van der Waals surface area contributed by atoms with Gasteiger partial charge in [0, 0.05) is 19.3 Å². The summed E-state index contributed by atoms with van der Waals surface area (Å²) in [6.45, 7) is 6.49. The van der Waals surface area contributed by atoms with E-state index in [4.69, 9.17) is 14.2 Å². The minimum Gasteiger partial charge on any atom is -0.462 e. The average Bonchev–Trinajstić information content (AvgIpc) is 3.43. The molecule has 0 N–H and O–H groups in total. The highest BCUT2D eigenvalue weighted by atomic mass is 16.6. The predicted molar refractivity (Wildman–Crippen MR) is 335 cm³/mol. The lowest BCUT2D eigenvalue weighted by Crippen LogP contribution is -2.30. The van der Waals surface area contributed by atoms with Gasteiger partial charge in [-0.25, -0.2) is 0 Å². The molecule has 0 saturated carbocycles. The van der Waals surface area contributed by atoms with E-state index < -0.39 is 6.10 Å². The zero-order valence-corrected chi connectivity index (χ0v) is 51.2. The van der Waals surface area contributed by atoms with Crippen LogP contribution in [0.5, 0.6) is 0 Å². The van der Waals surface area contributed by atoms with Crippen molar-refractivity contribution in [1.82, 2.24) is 0 Å². The van der Waals surface area contributed by atoms with Crippen molar-refractivity contribution in [2.24, 2.45) is 0 Å². The largest absolute Gasteiger partial charge is 0.462 e. The second-order valence-corrected chi connectivity index (χ2v) is 22.4. The van der Waals surface area contributed by atoms with Gasteiger partial charge < -0.3 is 14.2 Å². The molecule has 0 heterocycles. The first kappa shape index (κ1) is 73.8. The smallest absolute Gasteiger partial charge is 0.306 e. The quantitative estimate of drug-likeness (QED) is 0.0261. The lowest BCUT2D eigenvalue weighted by Gasteiger charge is -2.18. The standard InChI is InChI=1S/C71H126O6/c1-4-7-10-13-16-19-22-24-26-28-30-32-33-34-35-36-37-38-40-41-43-45-47-49-52-55-58-61-64-70(73)76-67-68(66-75-69(72)63-60-57-54-51-21-18-15-12-9-6-3)77-71(74)65-62-59-56-53-50-48-46-44-42-39-31-29-27-25-23-20-17-14-11-8-5-2/h8,11-12,15,17,20,25,27,31,39,44,46,68H,4-7,9-10,13-14,16,18-19,21-24,26,28-30,32-38,40-43,45,47-67H2,1-3H3/b11-8-,15-12-,20-17-,27-25-,39-31-,46-44-. The number of ether oxygens (including phenoxy) is 3. The van der Waals surface area contributed by atoms with Crippen LogP contribution >= 0.6 is 0 Å². The van der Waals surface area contributed by atoms with Gasteiger partial charge in [-0.2, -0.15) is 0 Å². The number of carbonyl (C=O) groups is 3. The molecule has 0 aliphatic rings. The van der Waals surface area contributed by atoms with Crippen molar-refractivity contribution in [3.05, 3.63) is 72.9 Å². The van der Waals surface area contributed by atoms with Gasteiger partial charge in [-0.05, 0) is 83.5 Å². The fraction of sp³-hybridized carbons (Fsp3) is 0.789. The summed E-state index contributed by atoms with van der Waals surface area (Å²) >= 11 is 0. The lowest BCUT2D eigenvalue weighted by atomic mass is 10.0. The van der Waals surface area contributed by atoms with Crippen LogP contribution in [-0.4, -0.2) is 37.2 Å². The molecule has 0 aromatic carbocycles. The topological polar surface area (TPSA) is 78.9 Å². The minimum absolute atomic E-state index is 0.0834. The maximum atomic E-state index is 12.9. The maximum absolute atomic E-state index is 12.9. The Morgan fingerprint density at radius 2 is 0.532 bits per heavy atom. The molecule has 6 heteroatoms. The normalized spacial score (nSPS) is 12.5. The van der Waals surface area contributed by atoms with E-state index in [2.05, 4.69) is 93.7 Å². The van der Waals surface area contributed by atoms with Crippen LogP contribution in [-0.2, 0) is 28.6 Å². The Morgan fingerprint density at radius 1 is 0.273 bits per heavy atom. The molecule has 0 spiro atoms. The molecule has 1 unspecified atom stereocenters.